The van der Waals surface area contributed by atoms with Crippen LogP contribution in [0, 0.1) is 0 Å². The lowest BCUT2D eigenvalue weighted by molar-refractivity contribution is -0.108. The molecule has 0 bridgehead atoms. The molecule has 5 heteroatoms. The van der Waals surface area contributed by atoms with Crippen molar-refractivity contribution in [2.24, 2.45) is 0 Å². The summed E-state index contributed by atoms with van der Waals surface area (Å²) in [4.78, 5) is 6.42. The van der Waals surface area contributed by atoms with E-state index in [-0.39, 0.29) is 0 Å². The Morgan fingerprint density at radius 1 is 1.27 bits per heavy atom. The minimum absolute atomic E-state index is 0.490. The zero-order valence-electron chi connectivity index (χ0n) is 12.9. The lowest BCUT2D eigenvalue weighted by Crippen LogP contribution is -2.53. The Bertz CT molecular complexity index is 609. The third-order valence-electron chi connectivity index (χ3n) is 4.46. The second kappa shape index (κ2) is 6.20. The molecule has 0 unspecified atom stereocenters. The first-order chi connectivity index (χ1) is 10.5. The third-order valence-corrected chi connectivity index (χ3v) is 4.46. The van der Waals surface area contributed by atoms with Crippen LogP contribution in [-0.2, 0) is 13.1 Å². The summed E-state index contributed by atoms with van der Waals surface area (Å²) in [5.74, 6) is 0. The molecular weight excluding hydrogens is 278 g/mol. The molecule has 2 aromatic rings. The smallest absolute Gasteiger partial charge is 0.0951 e. The van der Waals surface area contributed by atoms with Crippen LogP contribution in [0.25, 0.3) is 0 Å². The highest BCUT2D eigenvalue weighted by molar-refractivity contribution is 5.16. The Kier molecular flexibility index (Phi) is 4.29. The predicted octanol–water partition coefficient (Wildman–Crippen LogP) is 1.25. The van der Waals surface area contributed by atoms with E-state index < -0.39 is 11.7 Å². The second-order valence-electron chi connectivity index (χ2n) is 6.36. The molecule has 118 valence electrons. The lowest BCUT2D eigenvalue weighted by Gasteiger charge is -2.39. The average Bonchev–Trinajstić information content (AvgIpc) is 2.92. The first kappa shape index (κ1) is 15.2. The van der Waals surface area contributed by atoms with E-state index in [2.05, 4.69) is 26.6 Å². The number of β-amino-alcohol motifs (C(OH)–C–C–N with tert-alkyl or cyclic N) is 1. The van der Waals surface area contributed by atoms with Gasteiger partial charge in [0.2, 0.25) is 0 Å². The molecule has 1 fully saturated rings. The summed E-state index contributed by atoms with van der Waals surface area (Å²) in [5.41, 5.74) is 1.39. The maximum Gasteiger partial charge on any atom is 0.0951 e. The number of hydrogen-bond donors (Lipinski definition) is 2. The summed E-state index contributed by atoms with van der Waals surface area (Å²) in [6, 6.07) is 10.3. The summed E-state index contributed by atoms with van der Waals surface area (Å²) >= 11 is 0. The van der Waals surface area contributed by atoms with Crippen molar-refractivity contribution >= 4 is 0 Å². The molecule has 5 nitrogen and oxygen atoms in total. The van der Waals surface area contributed by atoms with Gasteiger partial charge in [0.1, 0.15) is 0 Å². The Hall–Kier alpha value is -1.69. The molecule has 22 heavy (non-hydrogen) atoms. The van der Waals surface area contributed by atoms with Crippen LogP contribution in [-0.4, -0.2) is 49.5 Å². The monoisotopic (exact) mass is 301 g/mol. The fraction of sp³-hybridized carbons (Fsp3) is 0.471. The number of aliphatic hydroxyl groups excluding tert-OH is 1. The van der Waals surface area contributed by atoms with Crippen LogP contribution in [0.4, 0.5) is 0 Å². The highest BCUT2D eigenvalue weighted by Crippen LogP contribution is 2.23. The number of piperidine rings is 1. The Labute approximate surface area is 130 Å². The Morgan fingerprint density at radius 2 is 2.05 bits per heavy atom. The zero-order valence-corrected chi connectivity index (χ0v) is 12.9. The third kappa shape index (κ3) is 3.38. The van der Waals surface area contributed by atoms with Crippen LogP contribution in [0.5, 0.6) is 0 Å². The molecule has 0 spiro atoms. The molecule has 2 atom stereocenters. The molecule has 1 aliphatic heterocycles. The van der Waals surface area contributed by atoms with Crippen molar-refractivity contribution in [2.45, 2.75) is 38.1 Å². The molecular formula is C17H23N3O2. The standard InChI is InChI=1S/C17H23N3O2/c1-17(22)7-8-19(12-16(17)21)11-15-9-18-13-20(15)10-14-5-3-2-4-6-14/h2-6,9,13,16,21-22H,7-8,10-12H2,1H3/t16-,17+/m0/s1. The molecule has 0 radical (unpaired) electrons. The van der Waals surface area contributed by atoms with E-state index >= 15 is 0 Å². The SMILES string of the molecule is C[C@@]1(O)CCN(Cc2cncn2Cc2ccccc2)C[C@@H]1O. The van der Waals surface area contributed by atoms with Crippen LogP contribution in [0.1, 0.15) is 24.6 Å². The van der Waals surface area contributed by atoms with E-state index in [1.807, 2.05) is 30.7 Å². The summed E-state index contributed by atoms with van der Waals surface area (Å²) < 4.78 is 2.13. The fourth-order valence-corrected chi connectivity index (χ4v) is 2.86. The summed E-state index contributed by atoms with van der Waals surface area (Å²) in [5, 5.41) is 20.1. The average molecular weight is 301 g/mol. The minimum Gasteiger partial charge on any atom is -0.389 e. The number of imidazole rings is 1. The van der Waals surface area contributed by atoms with Crippen molar-refractivity contribution < 1.29 is 10.2 Å². The first-order valence-electron chi connectivity index (χ1n) is 7.70. The summed E-state index contributed by atoms with van der Waals surface area (Å²) in [6.07, 6.45) is 3.61. The van der Waals surface area contributed by atoms with Gasteiger partial charge >= 0.3 is 0 Å². The lowest BCUT2D eigenvalue weighted by atomic mass is 9.91. The van der Waals surface area contributed by atoms with E-state index in [4.69, 9.17) is 0 Å². The number of rotatable bonds is 4. The fourth-order valence-electron chi connectivity index (χ4n) is 2.86. The van der Waals surface area contributed by atoms with Crippen molar-refractivity contribution in [3.8, 4) is 0 Å². The number of nitrogens with zero attached hydrogens (tertiary/aromatic N) is 3. The highest BCUT2D eigenvalue weighted by Gasteiger charge is 2.36. The van der Waals surface area contributed by atoms with Gasteiger partial charge in [-0.3, -0.25) is 4.90 Å². The van der Waals surface area contributed by atoms with Crippen molar-refractivity contribution in [1.29, 1.82) is 0 Å². The van der Waals surface area contributed by atoms with E-state index in [0.29, 0.717) is 13.0 Å². The molecule has 1 saturated heterocycles. The van der Waals surface area contributed by atoms with E-state index in [9.17, 15) is 10.2 Å². The van der Waals surface area contributed by atoms with E-state index in [1.165, 1.54) is 5.56 Å². The van der Waals surface area contributed by atoms with Gasteiger partial charge in [0.05, 0.1) is 23.7 Å². The molecule has 3 rings (SSSR count). The quantitative estimate of drug-likeness (QED) is 0.892. The van der Waals surface area contributed by atoms with Gasteiger partial charge < -0.3 is 14.8 Å². The summed E-state index contributed by atoms with van der Waals surface area (Å²) in [6.45, 7) is 4.50. The molecule has 0 amide bonds. The molecule has 0 aliphatic carbocycles. The predicted molar refractivity (Wildman–Crippen MR) is 84.3 cm³/mol. The molecule has 2 heterocycles. The molecule has 2 N–H and O–H groups in total. The normalized spacial score (nSPS) is 26.2. The number of aromatic nitrogens is 2. The van der Waals surface area contributed by atoms with Crippen LogP contribution in [0.2, 0.25) is 0 Å². The number of benzene rings is 1. The number of likely N-dealkylation sites (tertiary alicyclic amines) is 1. The van der Waals surface area contributed by atoms with Crippen LogP contribution >= 0.6 is 0 Å². The van der Waals surface area contributed by atoms with Crippen molar-refractivity contribution in [3.05, 3.63) is 54.1 Å². The summed E-state index contributed by atoms with van der Waals surface area (Å²) in [7, 11) is 0. The van der Waals surface area contributed by atoms with Gasteiger partial charge in [0, 0.05) is 32.4 Å². The van der Waals surface area contributed by atoms with Crippen molar-refractivity contribution in [1.82, 2.24) is 14.5 Å². The van der Waals surface area contributed by atoms with Crippen LogP contribution in [0.15, 0.2) is 42.9 Å². The largest absolute Gasteiger partial charge is 0.389 e. The van der Waals surface area contributed by atoms with Gasteiger partial charge in [-0.15, -0.1) is 0 Å². The Balaban J connectivity index is 1.66. The number of aliphatic hydroxyl groups is 2. The molecule has 1 aliphatic rings. The highest BCUT2D eigenvalue weighted by atomic mass is 16.3. The van der Waals surface area contributed by atoms with Crippen molar-refractivity contribution in [3.63, 3.8) is 0 Å². The first-order valence-corrected chi connectivity index (χ1v) is 7.70. The Morgan fingerprint density at radius 3 is 2.77 bits per heavy atom. The van der Waals surface area contributed by atoms with E-state index in [0.717, 1.165) is 25.3 Å². The van der Waals surface area contributed by atoms with Gasteiger partial charge in [0.25, 0.3) is 0 Å². The maximum absolute atomic E-state index is 10.0. The molecule has 1 aromatic heterocycles. The van der Waals surface area contributed by atoms with Crippen LogP contribution in [0.3, 0.4) is 0 Å². The molecule has 0 saturated carbocycles. The zero-order chi connectivity index (χ0) is 15.6. The van der Waals surface area contributed by atoms with E-state index in [1.54, 1.807) is 6.92 Å². The van der Waals surface area contributed by atoms with Crippen LogP contribution < -0.4 is 0 Å². The second-order valence-corrected chi connectivity index (χ2v) is 6.36. The van der Waals surface area contributed by atoms with Gasteiger partial charge in [0.15, 0.2) is 0 Å². The van der Waals surface area contributed by atoms with Gasteiger partial charge in [-0.25, -0.2) is 4.98 Å². The van der Waals surface area contributed by atoms with Crippen molar-refractivity contribution in [2.75, 3.05) is 13.1 Å². The maximum atomic E-state index is 10.0. The topological polar surface area (TPSA) is 61.5 Å². The molecule has 1 aromatic carbocycles. The van der Waals surface area contributed by atoms with Gasteiger partial charge in [-0.1, -0.05) is 30.3 Å². The van der Waals surface area contributed by atoms with Gasteiger partial charge in [-0.2, -0.15) is 0 Å². The minimum atomic E-state index is -0.971. The number of hydrogen-bond acceptors (Lipinski definition) is 4. The van der Waals surface area contributed by atoms with Gasteiger partial charge in [-0.05, 0) is 18.9 Å².